The van der Waals surface area contributed by atoms with Crippen molar-refractivity contribution < 1.29 is 0 Å². The van der Waals surface area contributed by atoms with Gasteiger partial charge in [-0.15, -0.1) is 22.7 Å². The third-order valence-corrected chi connectivity index (χ3v) is 9.33. The lowest BCUT2D eigenvalue weighted by molar-refractivity contribution is 1.19. The van der Waals surface area contributed by atoms with Gasteiger partial charge in [-0.1, -0.05) is 72.8 Å². The highest BCUT2D eigenvalue weighted by Crippen LogP contribution is 2.46. The molecular formula is C32H19NS2. The van der Waals surface area contributed by atoms with Gasteiger partial charge in [-0.3, -0.25) is 0 Å². The molecule has 0 amide bonds. The number of aromatic nitrogens is 1. The van der Waals surface area contributed by atoms with Crippen molar-refractivity contribution in [2.24, 2.45) is 0 Å². The van der Waals surface area contributed by atoms with Gasteiger partial charge in [0.15, 0.2) is 0 Å². The number of hydrogen-bond donors (Lipinski definition) is 0. The molecule has 0 fully saturated rings. The molecule has 0 unspecified atom stereocenters. The Labute approximate surface area is 210 Å². The Kier molecular flexibility index (Phi) is 4.04. The van der Waals surface area contributed by atoms with Crippen LogP contribution in [0.1, 0.15) is 0 Å². The Bertz CT molecular complexity index is 2050. The van der Waals surface area contributed by atoms with Crippen molar-refractivity contribution in [3.63, 3.8) is 0 Å². The van der Waals surface area contributed by atoms with Gasteiger partial charge in [0, 0.05) is 41.3 Å². The molecule has 3 heteroatoms. The lowest BCUT2D eigenvalue weighted by atomic mass is 9.99. The molecule has 5 aromatic carbocycles. The number of para-hydroxylation sites is 2. The third-order valence-electron chi connectivity index (χ3n) is 7.01. The molecule has 0 radical (unpaired) electrons. The van der Waals surface area contributed by atoms with Crippen LogP contribution in [0, 0.1) is 0 Å². The van der Waals surface area contributed by atoms with Crippen LogP contribution in [0.5, 0.6) is 0 Å². The molecule has 35 heavy (non-hydrogen) atoms. The van der Waals surface area contributed by atoms with Crippen molar-refractivity contribution in [3.05, 3.63) is 115 Å². The van der Waals surface area contributed by atoms with E-state index in [1.54, 1.807) is 0 Å². The molecule has 8 rings (SSSR count). The topological polar surface area (TPSA) is 4.93 Å². The minimum absolute atomic E-state index is 1.20. The summed E-state index contributed by atoms with van der Waals surface area (Å²) in [5.74, 6) is 0. The Morgan fingerprint density at radius 2 is 1.26 bits per heavy atom. The van der Waals surface area contributed by atoms with Gasteiger partial charge >= 0.3 is 0 Å². The highest BCUT2D eigenvalue weighted by atomic mass is 32.1. The van der Waals surface area contributed by atoms with Gasteiger partial charge in [0.1, 0.15) is 0 Å². The van der Waals surface area contributed by atoms with Gasteiger partial charge in [-0.05, 0) is 53.6 Å². The zero-order valence-corrected chi connectivity index (χ0v) is 20.4. The molecule has 3 aromatic heterocycles. The SMILES string of the molecule is c1ccc(-n2c3ccccc3c3sc4cccc(-c5ccc6sc7ccccc7c6c5)c4c32)cc1. The smallest absolute Gasteiger partial charge is 0.0734 e. The maximum atomic E-state index is 2.45. The molecule has 0 saturated carbocycles. The Balaban J connectivity index is 1.51. The fourth-order valence-corrected chi connectivity index (χ4v) is 7.82. The third kappa shape index (κ3) is 2.74. The lowest BCUT2D eigenvalue weighted by Crippen LogP contribution is -1.93. The number of hydrogen-bond acceptors (Lipinski definition) is 2. The normalized spacial score (nSPS) is 12.0. The first kappa shape index (κ1) is 19.4. The molecule has 164 valence electrons. The number of fused-ring (bicyclic) bond motifs is 8. The molecule has 0 aliphatic carbocycles. The van der Waals surface area contributed by atoms with Gasteiger partial charge in [-0.2, -0.15) is 0 Å². The van der Waals surface area contributed by atoms with Crippen LogP contribution in [0.15, 0.2) is 115 Å². The zero-order valence-electron chi connectivity index (χ0n) is 18.7. The maximum absolute atomic E-state index is 2.45. The fourth-order valence-electron chi connectivity index (χ4n) is 5.49. The molecule has 0 N–H and O–H groups in total. The summed E-state index contributed by atoms with van der Waals surface area (Å²) in [5, 5.41) is 5.34. The summed E-state index contributed by atoms with van der Waals surface area (Å²) in [5.41, 5.74) is 6.34. The fraction of sp³-hybridized carbons (Fsp3) is 0. The second-order valence-electron chi connectivity index (χ2n) is 8.96. The summed E-state index contributed by atoms with van der Waals surface area (Å²) in [6.45, 7) is 0. The van der Waals surface area contributed by atoms with Crippen LogP contribution in [0.3, 0.4) is 0 Å². The van der Waals surface area contributed by atoms with Crippen molar-refractivity contribution in [2.45, 2.75) is 0 Å². The molecule has 0 aliphatic rings. The van der Waals surface area contributed by atoms with Crippen LogP contribution in [-0.2, 0) is 0 Å². The predicted molar refractivity (Wildman–Crippen MR) is 154 cm³/mol. The van der Waals surface area contributed by atoms with Crippen LogP contribution in [0.4, 0.5) is 0 Å². The predicted octanol–water partition coefficient (Wildman–Crippen LogP) is 10.0. The van der Waals surface area contributed by atoms with E-state index in [1.165, 1.54) is 68.2 Å². The van der Waals surface area contributed by atoms with E-state index in [-0.39, 0.29) is 0 Å². The largest absolute Gasteiger partial charge is 0.308 e. The molecule has 0 spiro atoms. The second-order valence-corrected chi connectivity index (χ2v) is 11.1. The lowest BCUT2D eigenvalue weighted by Gasteiger charge is -2.10. The summed E-state index contributed by atoms with van der Waals surface area (Å²) in [6, 6.07) is 42.0. The average molecular weight is 482 g/mol. The van der Waals surface area contributed by atoms with Gasteiger partial charge in [0.2, 0.25) is 0 Å². The van der Waals surface area contributed by atoms with Crippen LogP contribution in [0.2, 0.25) is 0 Å². The second kappa shape index (κ2) is 7.29. The number of rotatable bonds is 2. The first-order valence-corrected chi connectivity index (χ1v) is 13.4. The van der Waals surface area contributed by atoms with Crippen molar-refractivity contribution in [2.75, 3.05) is 0 Å². The molecule has 0 atom stereocenters. The monoisotopic (exact) mass is 481 g/mol. The summed E-state index contributed by atoms with van der Waals surface area (Å²) in [4.78, 5) is 0. The quantitative estimate of drug-likeness (QED) is 0.231. The van der Waals surface area contributed by atoms with Crippen molar-refractivity contribution in [1.82, 2.24) is 4.57 Å². The summed E-state index contributed by atoms with van der Waals surface area (Å²) in [7, 11) is 0. The van der Waals surface area contributed by atoms with Gasteiger partial charge < -0.3 is 4.57 Å². The molecule has 8 aromatic rings. The maximum Gasteiger partial charge on any atom is 0.0734 e. The molecule has 0 aliphatic heterocycles. The number of nitrogens with zero attached hydrogens (tertiary/aromatic N) is 1. The van der Waals surface area contributed by atoms with E-state index in [0.717, 1.165) is 0 Å². The van der Waals surface area contributed by atoms with Crippen molar-refractivity contribution in [1.29, 1.82) is 0 Å². The molecular weight excluding hydrogens is 462 g/mol. The Hall–Kier alpha value is -3.92. The van der Waals surface area contributed by atoms with E-state index >= 15 is 0 Å². The standard InChI is InChI=1S/C32H19NS2/c1-2-9-21(10-3-1)33-26-14-6-4-12-24(26)32-31(33)30-22(13-8-16-29(30)35-32)20-17-18-28-25(19-20)23-11-5-7-15-27(23)34-28/h1-19H. The van der Waals surface area contributed by atoms with E-state index in [1.807, 2.05) is 22.7 Å². The summed E-state index contributed by atoms with van der Waals surface area (Å²) in [6.07, 6.45) is 0. The van der Waals surface area contributed by atoms with Crippen LogP contribution >= 0.6 is 22.7 Å². The number of benzene rings is 5. The van der Waals surface area contributed by atoms with E-state index in [0.29, 0.717) is 0 Å². The summed E-state index contributed by atoms with van der Waals surface area (Å²) >= 11 is 3.78. The first-order chi connectivity index (χ1) is 17.4. The van der Waals surface area contributed by atoms with Gasteiger partial charge in [0.25, 0.3) is 0 Å². The zero-order chi connectivity index (χ0) is 22.9. The van der Waals surface area contributed by atoms with Crippen molar-refractivity contribution in [3.8, 4) is 16.8 Å². The van der Waals surface area contributed by atoms with Crippen LogP contribution < -0.4 is 0 Å². The van der Waals surface area contributed by atoms with Gasteiger partial charge in [0.05, 0.1) is 15.7 Å². The minimum Gasteiger partial charge on any atom is -0.308 e. The molecule has 0 bridgehead atoms. The Morgan fingerprint density at radius 1 is 0.514 bits per heavy atom. The molecule has 0 saturated heterocycles. The van der Waals surface area contributed by atoms with Crippen molar-refractivity contribution >= 4 is 74.1 Å². The minimum atomic E-state index is 1.20. The average Bonchev–Trinajstić information content (AvgIpc) is 3.57. The van der Waals surface area contributed by atoms with Gasteiger partial charge in [-0.25, -0.2) is 0 Å². The highest BCUT2D eigenvalue weighted by Gasteiger charge is 2.20. The summed E-state index contributed by atoms with van der Waals surface area (Å²) < 4.78 is 7.83. The highest BCUT2D eigenvalue weighted by molar-refractivity contribution is 7.27. The molecule has 1 nitrogen and oxygen atoms in total. The van der Waals surface area contributed by atoms with Crippen LogP contribution in [0.25, 0.3) is 68.2 Å². The van der Waals surface area contributed by atoms with Crippen LogP contribution in [-0.4, -0.2) is 4.57 Å². The van der Waals surface area contributed by atoms with E-state index in [9.17, 15) is 0 Å². The van der Waals surface area contributed by atoms with E-state index < -0.39 is 0 Å². The van der Waals surface area contributed by atoms with E-state index in [4.69, 9.17) is 0 Å². The molecule has 3 heterocycles. The van der Waals surface area contributed by atoms with E-state index in [2.05, 4.69) is 120 Å². The Morgan fingerprint density at radius 3 is 2.17 bits per heavy atom. The first-order valence-electron chi connectivity index (χ1n) is 11.8. The number of thiophene rings is 2.